The Bertz CT molecular complexity index is 1290. The summed E-state index contributed by atoms with van der Waals surface area (Å²) in [6, 6.07) is 9.59. The van der Waals surface area contributed by atoms with Gasteiger partial charge >= 0.3 is 6.18 Å². The molecule has 3 heterocycles. The second-order valence-electron chi connectivity index (χ2n) is 10.1. The van der Waals surface area contributed by atoms with Crippen molar-refractivity contribution < 1.29 is 31.8 Å². The van der Waals surface area contributed by atoms with Crippen LogP contribution in [-0.4, -0.2) is 77.2 Å². The summed E-state index contributed by atoms with van der Waals surface area (Å²) in [5.41, 5.74) is 2.10. The first-order valence-corrected chi connectivity index (χ1v) is 14.7. The lowest BCUT2D eigenvalue weighted by molar-refractivity contribution is -0.231. The van der Waals surface area contributed by atoms with Gasteiger partial charge in [-0.2, -0.15) is 13.2 Å². The minimum absolute atomic E-state index is 0.338. The third-order valence-electron chi connectivity index (χ3n) is 7.37. The number of halogens is 4. The molecular formula is C28H33F4N5O3S. The molecule has 0 saturated carbocycles. The van der Waals surface area contributed by atoms with Crippen molar-refractivity contribution in [3.05, 3.63) is 76.4 Å². The predicted molar refractivity (Wildman–Crippen MR) is 144 cm³/mol. The molecule has 2 saturated heterocycles. The Hall–Kier alpha value is -2.55. The van der Waals surface area contributed by atoms with Crippen LogP contribution in [0.15, 0.2) is 47.4 Å². The molecule has 222 valence electrons. The average Bonchev–Trinajstić information content (AvgIpc) is 3.39. The quantitative estimate of drug-likeness (QED) is 0.268. The maximum atomic E-state index is 13.9. The highest BCUT2D eigenvalue weighted by Gasteiger charge is 2.37. The highest BCUT2D eigenvalue weighted by Crippen LogP contribution is 2.38. The van der Waals surface area contributed by atoms with Crippen LogP contribution in [0.5, 0.6) is 0 Å². The summed E-state index contributed by atoms with van der Waals surface area (Å²) in [6.07, 6.45) is -4.29. The Morgan fingerprint density at radius 3 is 2.54 bits per heavy atom. The fourth-order valence-electron chi connectivity index (χ4n) is 5.13. The van der Waals surface area contributed by atoms with Gasteiger partial charge in [0, 0.05) is 37.6 Å². The number of hydrogen-bond acceptors (Lipinski definition) is 8. The van der Waals surface area contributed by atoms with Gasteiger partial charge in [-0.25, -0.2) is 4.39 Å². The van der Waals surface area contributed by atoms with E-state index in [1.54, 1.807) is 31.4 Å². The largest absolute Gasteiger partial charge is 0.416 e. The molecule has 2 aromatic carbocycles. The lowest BCUT2D eigenvalue weighted by Gasteiger charge is -2.42. The SMILES string of the molecule is CSc1cc([C@@H](C)O[C@H]2OCCN(Cc3nn[nH]c3CN3CCOCC3)[C@H]2c2ccc(F)cc2)cc(C(F)(F)F)c1. The molecule has 1 N–H and O–H groups in total. The number of aromatic nitrogens is 3. The van der Waals surface area contributed by atoms with Crippen LogP contribution in [0.4, 0.5) is 17.6 Å². The Balaban J connectivity index is 1.39. The maximum absolute atomic E-state index is 13.9. The second kappa shape index (κ2) is 13.2. The zero-order valence-electron chi connectivity index (χ0n) is 22.9. The molecule has 0 radical (unpaired) electrons. The summed E-state index contributed by atoms with van der Waals surface area (Å²) in [7, 11) is 0. The summed E-state index contributed by atoms with van der Waals surface area (Å²) in [4.78, 5) is 4.89. The first-order valence-electron chi connectivity index (χ1n) is 13.4. The van der Waals surface area contributed by atoms with Crippen LogP contribution in [0.1, 0.15) is 47.1 Å². The summed E-state index contributed by atoms with van der Waals surface area (Å²) >= 11 is 1.23. The van der Waals surface area contributed by atoms with Crippen LogP contribution in [0.2, 0.25) is 0 Å². The van der Waals surface area contributed by atoms with Crippen LogP contribution in [0.3, 0.4) is 0 Å². The number of benzene rings is 2. The van der Waals surface area contributed by atoms with Gasteiger partial charge in [0.1, 0.15) is 11.5 Å². The maximum Gasteiger partial charge on any atom is 0.416 e. The van der Waals surface area contributed by atoms with Gasteiger partial charge in [0.15, 0.2) is 6.29 Å². The van der Waals surface area contributed by atoms with Crippen molar-refractivity contribution in [1.29, 1.82) is 0 Å². The zero-order valence-corrected chi connectivity index (χ0v) is 23.7. The summed E-state index contributed by atoms with van der Waals surface area (Å²) in [5, 5.41) is 11.4. The predicted octanol–water partition coefficient (Wildman–Crippen LogP) is 5.19. The van der Waals surface area contributed by atoms with Crippen molar-refractivity contribution in [2.24, 2.45) is 0 Å². The number of alkyl halides is 3. The Labute approximate surface area is 240 Å². The van der Waals surface area contributed by atoms with Crippen LogP contribution in [0.25, 0.3) is 0 Å². The summed E-state index contributed by atoms with van der Waals surface area (Å²) in [6.45, 7) is 6.65. The second-order valence-corrected chi connectivity index (χ2v) is 11.0. The van der Waals surface area contributed by atoms with E-state index in [4.69, 9.17) is 14.2 Å². The van der Waals surface area contributed by atoms with Crippen molar-refractivity contribution in [3.8, 4) is 0 Å². The van der Waals surface area contributed by atoms with Crippen molar-refractivity contribution in [2.75, 3.05) is 45.7 Å². The van der Waals surface area contributed by atoms with E-state index in [1.807, 2.05) is 0 Å². The van der Waals surface area contributed by atoms with Gasteiger partial charge in [-0.05, 0) is 54.6 Å². The highest BCUT2D eigenvalue weighted by molar-refractivity contribution is 7.98. The van der Waals surface area contributed by atoms with E-state index in [-0.39, 0.29) is 5.82 Å². The lowest BCUT2D eigenvalue weighted by atomic mass is 10.0. The van der Waals surface area contributed by atoms with E-state index in [9.17, 15) is 17.6 Å². The standard InChI is InChI=1S/C28H33F4N5O3S/c1-18(20-13-21(28(30,31)32)15-23(14-20)41-2)40-27-26(19-3-5-22(29)6-4-19)37(9-12-39-27)17-25-24(33-35-34-25)16-36-7-10-38-11-8-36/h3-6,13-15,18,26-27H,7-12,16-17H2,1-2H3,(H,33,34,35)/t18-,26+,27-/m1/s1. The van der Waals surface area contributed by atoms with Gasteiger partial charge in [0.05, 0.1) is 43.2 Å². The molecule has 3 aromatic rings. The molecule has 41 heavy (non-hydrogen) atoms. The van der Waals surface area contributed by atoms with Crippen molar-refractivity contribution >= 4 is 11.8 Å². The molecule has 2 fully saturated rings. The molecule has 8 nitrogen and oxygen atoms in total. The molecule has 0 bridgehead atoms. The molecule has 0 spiro atoms. The van der Waals surface area contributed by atoms with E-state index < -0.39 is 30.2 Å². The van der Waals surface area contributed by atoms with E-state index in [2.05, 4.69) is 25.2 Å². The minimum Gasteiger partial charge on any atom is -0.379 e. The molecule has 2 aliphatic heterocycles. The fraction of sp³-hybridized carbons (Fsp3) is 0.500. The first-order chi connectivity index (χ1) is 19.7. The molecule has 13 heteroatoms. The third-order valence-corrected chi connectivity index (χ3v) is 8.07. The smallest absolute Gasteiger partial charge is 0.379 e. The number of ether oxygens (including phenoxy) is 3. The minimum atomic E-state index is -4.48. The third kappa shape index (κ3) is 7.46. The molecule has 1 aromatic heterocycles. The molecule has 5 rings (SSSR count). The number of thioether (sulfide) groups is 1. The van der Waals surface area contributed by atoms with Gasteiger partial charge in [-0.1, -0.05) is 17.3 Å². The number of nitrogens with one attached hydrogen (secondary N) is 1. The monoisotopic (exact) mass is 595 g/mol. The molecular weight excluding hydrogens is 562 g/mol. The number of rotatable bonds is 9. The zero-order chi connectivity index (χ0) is 29.0. The van der Waals surface area contributed by atoms with Gasteiger partial charge in [0.25, 0.3) is 0 Å². The Kier molecular flexibility index (Phi) is 9.62. The summed E-state index contributed by atoms with van der Waals surface area (Å²) in [5.74, 6) is -0.374. The Morgan fingerprint density at radius 1 is 1.07 bits per heavy atom. The molecule has 0 aliphatic carbocycles. The van der Waals surface area contributed by atoms with Crippen LogP contribution < -0.4 is 0 Å². The van der Waals surface area contributed by atoms with Crippen molar-refractivity contribution in [2.45, 2.75) is 49.5 Å². The fourth-order valence-corrected chi connectivity index (χ4v) is 5.62. The first kappa shape index (κ1) is 29.9. The number of H-pyrrole nitrogens is 1. The Morgan fingerprint density at radius 2 is 1.83 bits per heavy atom. The van der Waals surface area contributed by atoms with Crippen molar-refractivity contribution in [1.82, 2.24) is 25.2 Å². The lowest BCUT2D eigenvalue weighted by Crippen LogP contribution is -2.46. The van der Waals surface area contributed by atoms with Gasteiger partial charge in [-0.15, -0.1) is 16.9 Å². The van der Waals surface area contributed by atoms with Gasteiger partial charge < -0.3 is 14.2 Å². The highest BCUT2D eigenvalue weighted by atomic mass is 32.2. The van der Waals surface area contributed by atoms with Gasteiger partial charge in [-0.3, -0.25) is 14.9 Å². The van der Waals surface area contributed by atoms with Crippen LogP contribution in [0, 0.1) is 5.82 Å². The van der Waals surface area contributed by atoms with Crippen molar-refractivity contribution in [3.63, 3.8) is 0 Å². The molecule has 3 atom stereocenters. The number of morpholine rings is 2. The van der Waals surface area contributed by atoms with E-state index in [0.717, 1.165) is 42.2 Å². The summed E-state index contributed by atoms with van der Waals surface area (Å²) < 4.78 is 72.5. The van der Waals surface area contributed by atoms with Crippen LogP contribution >= 0.6 is 11.8 Å². The number of hydrogen-bond donors (Lipinski definition) is 1. The molecule has 0 amide bonds. The molecule has 0 unspecified atom stereocenters. The van der Waals surface area contributed by atoms with E-state index in [1.165, 1.54) is 23.9 Å². The van der Waals surface area contributed by atoms with E-state index in [0.29, 0.717) is 49.9 Å². The topological polar surface area (TPSA) is 75.7 Å². The number of aromatic amines is 1. The van der Waals surface area contributed by atoms with E-state index >= 15 is 0 Å². The normalized spacial score (nSPS) is 21.7. The van der Waals surface area contributed by atoms with Gasteiger partial charge in [0.2, 0.25) is 0 Å². The van der Waals surface area contributed by atoms with Crippen LogP contribution in [-0.2, 0) is 33.5 Å². The average molecular weight is 596 g/mol. The number of nitrogens with zero attached hydrogens (tertiary/aromatic N) is 4. The molecule has 2 aliphatic rings.